The van der Waals surface area contributed by atoms with Crippen LogP contribution >= 0.6 is 11.6 Å². The van der Waals surface area contributed by atoms with Gasteiger partial charge >= 0.3 is 0 Å². The number of hydrogen-bond donors (Lipinski definition) is 1. The predicted octanol–water partition coefficient (Wildman–Crippen LogP) is 3.31. The second kappa shape index (κ2) is 5.05. The van der Waals surface area contributed by atoms with Crippen LogP contribution in [0.4, 0.5) is 11.4 Å². The Morgan fingerprint density at radius 2 is 2.18 bits per heavy atom. The molecular formula is C13H19ClN2O. The van der Waals surface area contributed by atoms with Gasteiger partial charge in [-0.05, 0) is 32.3 Å². The van der Waals surface area contributed by atoms with Gasteiger partial charge in [0.2, 0.25) is 0 Å². The van der Waals surface area contributed by atoms with E-state index in [1.165, 1.54) is 19.3 Å². The Labute approximate surface area is 107 Å². The normalized spacial score (nSPS) is 20.4. The summed E-state index contributed by atoms with van der Waals surface area (Å²) in [7, 11) is 1.66. The molecule has 1 aliphatic rings. The van der Waals surface area contributed by atoms with Crippen LogP contribution in [-0.2, 0) is 0 Å². The highest BCUT2D eigenvalue weighted by Gasteiger charge is 2.24. The van der Waals surface area contributed by atoms with Crippen LogP contribution in [0.15, 0.2) is 12.1 Å². The van der Waals surface area contributed by atoms with Crippen LogP contribution in [0, 0.1) is 0 Å². The first-order valence-electron chi connectivity index (χ1n) is 6.03. The highest BCUT2D eigenvalue weighted by Crippen LogP contribution is 2.40. The van der Waals surface area contributed by atoms with Gasteiger partial charge in [0.25, 0.3) is 0 Å². The number of ether oxygens (including phenoxy) is 1. The van der Waals surface area contributed by atoms with Crippen molar-refractivity contribution in [3.05, 3.63) is 17.2 Å². The lowest BCUT2D eigenvalue weighted by atomic mass is 10.0. The van der Waals surface area contributed by atoms with Crippen LogP contribution in [0.5, 0.6) is 5.75 Å². The molecule has 1 aromatic rings. The number of benzene rings is 1. The van der Waals surface area contributed by atoms with Crippen molar-refractivity contribution in [1.29, 1.82) is 0 Å². The fourth-order valence-corrected chi connectivity index (χ4v) is 2.79. The first-order valence-corrected chi connectivity index (χ1v) is 6.41. The molecule has 1 atom stereocenters. The van der Waals surface area contributed by atoms with Crippen molar-refractivity contribution in [2.24, 2.45) is 0 Å². The first-order chi connectivity index (χ1) is 8.13. The highest BCUT2D eigenvalue weighted by molar-refractivity contribution is 6.34. The molecule has 17 heavy (non-hydrogen) atoms. The van der Waals surface area contributed by atoms with Gasteiger partial charge < -0.3 is 15.4 Å². The Kier molecular flexibility index (Phi) is 3.67. The number of anilines is 2. The smallest absolute Gasteiger partial charge is 0.145 e. The number of methoxy groups -OCH3 is 1. The average molecular weight is 255 g/mol. The standard InChI is InChI=1S/C13H19ClN2O/c1-9-5-3-4-6-16(9)13-11(14)7-10(15)8-12(13)17-2/h7-9H,3-6,15H2,1-2H3/t9-/m1/s1. The maximum atomic E-state index is 6.31. The number of halogens is 1. The number of nitrogens with two attached hydrogens (primary N) is 1. The summed E-state index contributed by atoms with van der Waals surface area (Å²) in [6.45, 7) is 3.26. The summed E-state index contributed by atoms with van der Waals surface area (Å²) < 4.78 is 5.40. The zero-order valence-electron chi connectivity index (χ0n) is 10.4. The van der Waals surface area contributed by atoms with Crippen LogP contribution in [-0.4, -0.2) is 19.7 Å². The summed E-state index contributed by atoms with van der Waals surface area (Å²) >= 11 is 6.31. The van der Waals surface area contributed by atoms with E-state index in [1.807, 2.05) is 6.07 Å². The third-order valence-corrected chi connectivity index (χ3v) is 3.65. The van der Waals surface area contributed by atoms with Crippen LogP contribution in [0.1, 0.15) is 26.2 Å². The minimum Gasteiger partial charge on any atom is -0.494 e. The predicted molar refractivity (Wildman–Crippen MR) is 73.1 cm³/mol. The van der Waals surface area contributed by atoms with Crippen molar-refractivity contribution in [3.8, 4) is 5.75 Å². The topological polar surface area (TPSA) is 38.5 Å². The molecule has 1 aliphatic heterocycles. The molecule has 0 aliphatic carbocycles. The first kappa shape index (κ1) is 12.4. The Morgan fingerprint density at radius 3 is 2.82 bits per heavy atom. The summed E-state index contributed by atoms with van der Waals surface area (Å²) in [6, 6.07) is 4.13. The average Bonchev–Trinajstić information content (AvgIpc) is 2.29. The minimum absolute atomic E-state index is 0.499. The lowest BCUT2D eigenvalue weighted by Crippen LogP contribution is -2.37. The number of hydrogen-bond acceptors (Lipinski definition) is 3. The van der Waals surface area contributed by atoms with E-state index in [0.717, 1.165) is 18.0 Å². The molecule has 1 heterocycles. The van der Waals surface area contributed by atoms with E-state index >= 15 is 0 Å². The molecule has 94 valence electrons. The van der Waals surface area contributed by atoms with Crippen molar-refractivity contribution >= 4 is 23.0 Å². The SMILES string of the molecule is COc1cc(N)cc(Cl)c1N1CCCC[C@H]1C. The van der Waals surface area contributed by atoms with Gasteiger partial charge in [0.05, 0.1) is 17.8 Å². The van der Waals surface area contributed by atoms with Gasteiger partial charge in [0.15, 0.2) is 0 Å². The Balaban J connectivity index is 2.42. The maximum Gasteiger partial charge on any atom is 0.145 e. The molecule has 2 rings (SSSR count). The lowest BCUT2D eigenvalue weighted by Gasteiger charge is -2.36. The van der Waals surface area contributed by atoms with Crippen LogP contribution in [0.2, 0.25) is 5.02 Å². The van der Waals surface area contributed by atoms with Gasteiger partial charge in [-0.1, -0.05) is 11.6 Å². The molecule has 0 spiro atoms. The number of rotatable bonds is 2. The fourth-order valence-electron chi connectivity index (χ4n) is 2.46. The van der Waals surface area contributed by atoms with Crippen LogP contribution in [0.3, 0.4) is 0 Å². The van der Waals surface area contributed by atoms with E-state index in [-0.39, 0.29) is 0 Å². The molecular weight excluding hydrogens is 236 g/mol. The second-order valence-electron chi connectivity index (χ2n) is 4.59. The number of piperidine rings is 1. The van der Waals surface area contributed by atoms with E-state index in [2.05, 4.69) is 11.8 Å². The molecule has 0 radical (unpaired) electrons. The second-order valence-corrected chi connectivity index (χ2v) is 5.00. The molecule has 0 unspecified atom stereocenters. The zero-order valence-corrected chi connectivity index (χ0v) is 11.1. The highest BCUT2D eigenvalue weighted by atomic mass is 35.5. The van der Waals surface area contributed by atoms with E-state index in [4.69, 9.17) is 22.1 Å². The molecule has 4 heteroatoms. The summed E-state index contributed by atoms with van der Waals surface area (Å²) in [5.74, 6) is 0.767. The van der Waals surface area contributed by atoms with Gasteiger partial charge in [-0.25, -0.2) is 0 Å². The number of nitrogen functional groups attached to an aromatic ring is 1. The molecule has 1 aromatic carbocycles. The molecule has 1 fully saturated rings. The Hall–Kier alpha value is -1.09. The quantitative estimate of drug-likeness (QED) is 0.823. The van der Waals surface area contributed by atoms with Crippen molar-refractivity contribution < 1.29 is 4.74 Å². The molecule has 2 N–H and O–H groups in total. The summed E-state index contributed by atoms with van der Waals surface area (Å²) in [5, 5.41) is 0.676. The maximum absolute atomic E-state index is 6.31. The Bertz CT molecular complexity index is 409. The Morgan fingerprint density at radius 1 is 1.41 bits per heavy atom. The van der Waals surface area contributed by atoms with Crippen molar-refractivity contribution in [3.63, 3.8) is 0 Å². The summed E-state index contributed by atoms with van der Waals surface area (Å²) in [5.41, 5.74) is 7.41. The van der Waals surface area contributed by atoms with Crippen LogP contribution in [0.25, 0.3) is 0 Å². The summed E-state index contributed by atoms with van der Waals surface area (Å²) in [6.07, 6.45) is 3.69. The van der Waals surface area contributed by atoms with Crippen molar-refractivity contribution in [2.75, 3.05) is 24.3 Å². The van der Waals surface area contributed by atoms with Gasteiger partial charge in [-0.2, -0.15) is 0 Å². The molecule has 3 nitrogen and oxygen atoms in total. The molecule has 0 saturated carbocycles. The molecule has 0 bridgehead atoms. The fraction of sp³-hybridized carbons (Fsp3) is 0.538. The number of nitrogens with zero attached hydrogens (tertiary/aromatic N) is 1. The monoisotopic (exact) mass is 254 g/mol. The zero-order chi connectivity index (χ0) is 12.4. The van der Waals surface area contributed by atoms with Gasteiger partial charge in [-0.15, -0.1) is 0 Å². The molecule has 1 saturated heterocycles. The third-order valence-electron chi connectivity index (χ3n) is 3.36. The largest absolute Gasteiger partial charge is 0.494 e. The van der Waals surface area contributed by atoms with E-state index in [0.29, 0.717) is 16.8 Å². The van der Waals surface area contributed by atoms with Crippen molar-refractivity contribution in [1.82, 2.24) is 0 Å². The van der Waals surface area contributed by atoms with E-state index in [9.17, 15) is 0 Å². The summed E-state index contributed by atoms with van der Waals surface area (Å²) in [4.78, 5) is 2.32. The van der Waals surface area contributed by atoms with E-state index in [1.54, 1.807) is 13.2 Å². The lowest BCUT2D eigenvalue weighted by molar-refractivity contribution is 0.408. The van der Waals surface area contributed by atoms with E-state index < -0.39 is 0 Å². The van der Waals surface area contributed by atoms with Gasteiger partial charge in [0.1, 0.15) is 5.75 Å². The third kappa shape index (κ3) is 2.44. The molecule has 0 aromatic heterocycles. The van der Waals surface area contributed by atoms with Gasteiger partial charge in [-0.3, -0.25) is 0 Å². The van der Waals surface area contributed by atoms with Gasteiger partial charge in [0, 0.05) is 24.3 Å². The van der Waals surface area contributed by atoms with Crippen LogP contribution < -0.4 is 15.4 Å². The minimum atomic E-state index is 0.499. The van der Waals surface area contributed by atoms with Crippen molar-refractivity contribution in [2.45, 2.75) is 32.2 Å². The molecule has 0 amide bonds.